The molecule has 4 heteroatoms. The number of likely N-dealkylation sites (tertiary alicyclic amines) is 1. The van der Waals surface area contributed by atoms with E-state index in [2.05, 4.69) is 39.6 Å². The number of rotatable bonds is 7. The molecule has 3 atom stereocenters. The Morgan fingerprint density at radius 1 is 1.35 bits per heavy atom. The Balaban J connectivity index is 2.59. The van der Waals surface area contributed by atoms with Crippen LogP contribution in [0.3, 0.4) is 0 Å². The summed E-state index contributed by atoms with van der Waals surface area (Å²) in [7, 11) is -1.19. The third-order valence-corrected chi connectivity index (χ3v) is 7.83. The van der Waals surface area contributed by atoms with Crippen LogP contribution in [0.4, 0.5) is 0 Å². The molecule has 114 valence electrons. The van der Waals surface area contributed by atoms with E-state index in [9.17, 15) is 10.1 Å². The molecule has 1 aliphatic rings. The number of hydrogen-bond acceptors (Lipinski definition) is 2. The van der Waals surface area contributed by atoms with Gasteiger partial charge in [0, 0.05) is 33.0 Å². The van der Waals surface area contributed by atoms with Crippen LogP contribution in [-0.2, 0) is 4.79 Å². The van der Waals surface area contributed by atoms with Gasteiger partial charge in [0.15, 0.2) is 0 Å². The zero-order chi connectivity index (χ0) is 15.3. The Labute approximate surface area is 125 Å². The molecule has 1 heterocycles. The second-order valence-electron chi connectivity index (χ2n) is 7.31. The second-order valence-corrected chi connectivity index (χ2v) is 12.9. The molecule has 0 aromatic carbocycles. The van der Waals surface area contributed by atoms with Gasteiger partial charge in [0.05, 0.1) is 6.07 Å². The van der Waals surface area contributed by atoms with Crippen molar-refractivity contribution in [3.05, 3.63) is 0 Å². The molecule has 3 nitrogen and oxygen atoms in total. The van der Waals surface area contributed by atoms with Crippen molar-refractivity contribution < 1.29 is 4.79 Å². The Morgan fingerprint density at radius 3 is 2.40 bits per heavy atom. The first-order valence-electron chi connectivity index (χ1n) is 7.98. The molecule has 3 unspecified atom stereocenters. The van der Waals surface area contributed by atoms with Gasteiger partial charge in [0.1, 0.15) is 0 Å². The van der Waals surface area contributed by atoms with Crippen LogP contribution in [0, 0.1) is 17.2 Å². The van der Waals surface area contributed by atoms with Crippen molar-refractivity contribution >= 4 is 14.0 Å². The molecule has 0 spiro atoms. The fourth-order valence-electron chi connectivity index (χ4n) is 3.35. The monoisotopic (exact) mass is 294 g/mol. The fraction of sp³-hybridized carbons (Fsp3) is 0.875. The first kappa shape index (κ1) is 17.2. The third kappa shape index (κ3) is 4.62. The minimum atomic E-state index is -1.19. The third-order valence-electron chi connectivity index (χ3n) is 4.74. The molecule has 0 saturated carbocycles. The first-order valence-corrected chi connectivity index (χ1v) is 11.6. The van der Waals surface area contributed by atoms with Crippen LogP contribution in [0.2, 0.25) is 25.2 Å². The van der Waals surface area contributed by atoms with Crippen LogP contribution >= 0.6 is 0 Å². The van der Waals surface area contributed by atoms with Crippen LogP contribution in [-0.4, -0.2) is 31.5 Å². The summed E-state index contributed by atoms with van der Waals surface area (Å²) in [5.74, 6) is 0.363. The Morgan fingerprint density at radius 2 is 2.00 bits per heavy atom. The smallest absolute Gasteiger partial charge is 0.222 e. The van der Waals surface area contributed by atoms with E-state index in [-0.39, 0.29) is 17.9 Å². The average molecular weight is 295 g/mol. The maximum atomic E-state index is 11.8. The van der Waals surface area contributed by atoms with E-state index >= 15 is 0 Å². The van der Waals surface area contributed by atoms with Crippen LogP contribution in [0.25, 0.3) is 0 Å². The number of nitriles is 1. The highest BCUT2D eigenvalue weighted by Gasteiger charge is 2.31. The van der Waals surface area contributed by atoms with Gasteiger partial charge < -0.3 is 4.90 Å². The van der Waals surface area contributed by atoms with Crippen molar-refractivity contribution in [3.8, 4) is 6.07 Å². The minimum absolute atomic E-state index is 0.0927. The summed E-state index contributed by atoms with van der Waals surface area (Å²) in [6, 6.07) is 2.71. The number of carbonyl (C=O) groups excluding carboxylic acids is 1. The summed E-state index contributed by atoms with van der Waals surface area (Å²) in [4.78, 5) is 13.7. The predicted molar refractivity (Wildman–Crippen MR) is 86.1 cm³/mol. The van der Waals surface area contributed by atoms with Gasteiger partial charge in [-0.25, -0.2) is 0 Å². The van der Waals surface area contributed by atoms with Gasteiger partial charge in [-0.2, -0.15) is 5.26 Å². The Hall–Kier alpha value is -0.823. The molecule has 20 heavy (non-hydrogen) atoms. The number of hydrogen-bond donors (Lipinski definition) is 0. The predicted octanol–water partition coefficient (Wildman–Crippen LogP) is 4.04. The zero-order valence-corrected chi connectivity index (χ0v) is 14.8. The van der Waals surface area contributed by atoms with Crippen molar-refractivity contribution in [3.63, 3.8) is 0 Å². The van der Waals surface area contributed by atoms with Gasteiger partial charge in [-0.15, -0.1) is 0 Å². The van der Waals surface area contributed by atoms with Gasteiger partial charge in [-0.05, 0) is 31.7 Å². The number of nitrogens with zero attached hydrogens (tertiary/aromatic N) is 2. The second kappa shape index (κ2) is 7.26. The SMILES string of the molecule is CCC(CC(C#N)CC(C)N1CCCC1=O)[Si](C)(C)C. The van der Waals surface area contributed by atoms with E-state index in [1.165, 1.54) is 6.42 Å². The van der Waals surface area contributed by atoms with Crippen molar-refractivity contribution in [2.45, 2.75) is 77.2 Å². The topological polar surface area (TPSA) is 44.1 Å². The highest BCUT2D eigenvalue weighted by Crippen LogP contribution is 2.34. The molecule has 1 saturated heterocycles. The molecular weight excluding hydrogens is 264 g/mol. The van der Waals surface area contributed by atoms with Gasteiger partial charge in [0.25, 0.3) is 0 Å². The maximum Gasteiger partial charge on any atom is 0.222 e. The molecule has 0 bridgehead atoms. The van der Waals surface area contributed by atoms with E-state index in [1.54, 1.807) is 0 Å². The molecule has 1 amide bonds. The molecule has 0 radical (unpaired) electrons. The Bertz CT molecular complexity index is 370. The lowest BCUT2D eigenvalue weighted by Crippen LogP contribution is -2.36. The average Bonchev–Trinajstić information content (AvgIpc) is 2.78. The number of carbonyl (C=O) groups is 1. The first-order chi connectivity index (χ1) is 9.29. The van der Waals surface area contributed by atoms with Crippen LogP contribution in [0.1, 0.15) is 46.0 Å². The van der Waals surface area contributed by atoms with E-state index in [1.807, 2.05) is 4.90 Å². The standard InChI is InChI=1S/C16H30N2OSi/c1-6-15(20(3,4)5)11-14(12-17)10-13(2)18-9-7-8-16(18)19/h13-15H,6-11H2,1-5H3. The van der Waals surface area contributed by atoms with Crippen LogP contribution < -0.4 is 0 Å². The van der Waals surface area contributed by atoms with Crippen molar-refractivity contribution in [1.29, 1.82) is 5.26 Å². The van der Waals surface area contributed by atoms with E-state index in [0.29, 0.717) is 12.0 Å². The summed E-state index contributed by atoms with van der Waals surface area (Å²) in [5.41, 5.74) is 0.702. The maximum absolute atomic E-state index is 11.8. The lowest BCUT2D eigenvalue weighted by molar-refractivity contribution is -0.129. The highest BCUT2D eigenvalue weighted by atomic mass is 28.3. The summed E-state index contributed by atoms with van der Waals surface area (Å²) in [5, 5.41) is 9.46. The van der Waals surface area contributed by atoms with Crippen molar-refractivity contribution in [2.24, 2.45) is 5.92 Å². The normalized spacial score (nSPS) is 20.6. The zero-order valence-electron chi connectivity index (χ0n) is 13.8. The van der Waals surface area contributed by atoms with Gasteiger partial charge in [-0.1, -0.05) is 33.0 Å². The van der Waals surface area contributed by atoms with Crippen molar-refractivity contribution in [2.75, 3.05) is 6.54 Å². The van der Waals surface area contributed by atoms with Gasteiger partial charge in [0.2, 0.25) is 5.91 Å². The summed E-state index contributed by atoms with van der Waals surface area (Å²) in [6.07, 6.45) is 4.68. The van der Waals surface area contributed by atoms with E-state index in [0.717, 1.165) is 25.8 Å². The van der Waals surface area contributed by atoms with Gasteiger partial charge in [-0.3, -0.25) is 4.79 Å². The summed E-state index contributed by atoms with van der Waals surface area (Å²) < 4.78 is 0. The van der Waals surface area contributed by atoms with Gasteiger partial charge >= 0.3 is 0 Å². The molecule has 1 rings (SSSR count). The van der Waals surface area contributed by atoms with E-state index in [4.69, 9.17) is 0 Å². The molecule has 0 aliphatic carbocycles. The van der Waals surface area contributed by atoms with E-state index < -0.39 is 8.07 Å². The molecule has 1 aliphatic heterocycles. The van der Waals surface area contributed by atoms with Crippen LogP contribution in [0.15, 0.2) is 0 Å². The largest absolute Gasteiger partial charge is 0.340 e. The lowest BCUT2D eigenvalue weighted by Gasteiger charge is -2.31. The Kier molecular flexibility index (Phi) is 6.26. The summed E-state index contributed by atoms with van der Waals surface area (Å²) >= 11 is 0. The lowest BCUT2D eigenvalue weighted by atomic mass is 9.95. The number of amides is 1. The van der Waals surface area contributed by atoms with Crippen LogP contribution in [0.5, 0.6) is 0 Å². The summed E-state index contributed by atoms with van der Waals surface area (Å²) in [6.45, 7) is 12.4. The molecule has 0 N–H and O–H groups in total. The highest BCUT2D eigenvalue weighted by molar-refractivity contribution is 6.77. The molecule has 1 fully saturated rings. The minimum Gasteiger partial charge on any atom is -0.340 e. The molecular formula is C16H30N2OSi. The molecule has 0 aromatic heterocycles. The fourth-order valence-corrected chi connectivity index (χ4v) is 5.57. The quantitative estimate of drug-likeness (QED) is 0.665. The molecule has 0 aromatic rings. The van der Waals surface area contributed by atoms with Crippen molar-refractivity contribution in [1.82, 2.24) is 4.90 Å².